The molecule has 0 radical (unpaired) electrons. The first-order chi connectivity index (χ1) is 14.7. The Hall–Kier alpha value is -4.08. The molecule has 0 aliphatic heterocycles. The molecular formula is C21H18N2O8. The van der Waals surface area contributed by atoms with Gasteiger partial charge in [0, 0.05) is 24.5 Å². The van der Waals surface area contributed by atoms with Crippen LogP contribution < -0.4 is 15.1 Å². The van der Waals surface area contributed by atoms with Gasteiger partial charge in [0.1, 0.15) is 5.52 Å². The van der Waals surface area contributed by atoms with Gasteiger partial charge in [-0.3, -0.25) is 19.7 Å². The van der Waals surface area contributed by atoms with Crippen molar-refractivity contribution < 1.29 is 28.4 Å². The van der Waals surface area contributed by atoms with Crippen LogP contribution in [-0.4, -0.2) is 21.8 Å². The van der Waals surface area contributed by atoms with Crippen molar-refractivity contribution in [2.45, 2.75) is 33.6 Å². The number of aromatic nitrogens is 1. The molecule has 3 aromatic rings. The average Bonchev–Trinajstić information content (AvgIpc) is 2.74. The summed E-state index contributed by atoms with van der Waals surface area (Å²) >= 11 is 0. The fourth-order valence-corrected chi connectivity index (χ4v) is 2.72. The Morgan fingerprint density at radius 3 is 2.42 bits per heavy atom. The minimum absolute atomic E-state index is 0.0287. The van der Waals surface area contributed by atoms with Crippen LogP contribution in [0.4, 0.5) is 5.69 Å². The largest absolute Gasteiger partial charge is 0.422 e. The van der Waals surface area contributed by atoms with Crippen LogP contribution in [0.5, 0.6) is 11.5 Å². The third kappa shape index (κ3) is 4.58. The zero-order valence-corrected chi connectivity index (χ0v) is 17.0. The molecule has 0 fully saturated rings. The number of esters is 2. The fraction of sp³-hybridized carbons (Fsp3) is 0.238. The Bertz CT molecular complexity index is 1260. The van der Waals surface area contributed by atoms with E-state index in [-0.39, 0.29) is 35.4 Å². The van der Waals surface area contributed by atoms with Gasteiger partial charge in [-0.25, -0.2) is 9.78 Å². The van der Waals surface area contributed by atoms with E-state index in [1.54, 1.807) is 18.2 Å². The topological polar surface area (TPSA) is 139 Å². The van der Waals surface area contributed by atoms with Crippen molar-refractivity contribution in [3.05, 3.63) is 56.4 Å². The fourth-order valence-electron chi connectivity index (χ4n) is 2.72. The molecule has 3 rings (SSSR count). The number of aryl methyl sites for hydroxylation is 1. The molecule has 0 bridgehead atoms. The minimum Gasteiger partial charge on any atom is -0.422 e. The lowest BCUT2D eigenvalue weighted by Crippen LogP contribution is -2.13. The van der Waals surface area contributed by atoms with E-state index in [2.05, 4.69) is 4.98 Å². The van der Waals surface area contributed by atoms with Gasteiger partial charge in [-0.1, -0.05) is 19.9 Å². The Morgan fingerprint density at radius 2 is 1.77 bits per heavy atom. The molecule has 10 nitrogen and oxygen atoms in total. The summed E-state index contributed by atoms with van der Waals surface area (Å²) in [6.07, 6.45) is -0.0932. The highest BCUT2D eigenvalue weighted by Crippen LogP contribution is 2.41. The van der Waals surface area contributed by atoms with E-state index in [0.717, 1.165) is 11.6 Å². The summed E-state index contributed by atoms with van der Waals surface area (Å²) < 4.78 is 15.5. The van der Waals surface area contributed by atoms with Gasteiger partial charge in [-0.05, 0) is 30.7 Å². The van der Waals surface area contributed by atoms with Crippen molar-refractivity contribution in [3.8, 4) is 22.8 Å². The lowest BCUT2D eigenvalue weighted by atomic mass is 10.1. The number of hydrogen-bond donors (Lipinski definition) is 0. The van der Waals surface area contributed by atoms with E-state index < -0.39 is 33.9 Å². The van der Waals surface area contributed by atoms with E-state index in [1.807, 2.05) is 6.92 Å². The van der Waals surface area contributed by atoms with Crippen molar-refractivity contribution in [2.24, 2.45) is 0 Å². The Balaban J connectivity index is 2.28. The second-order valence-corrected chi connectivity index (χ2v) is 6.56. The molecular weight excluding hydrogens is 408 g/mol. The van der Waals surface area contributed by atoms with Gasteiger partial charge in [0.25, 0.3) is 5.75 Å². The molecule has 0 saturated carbocycles. The Kier molecular flexibility index (Phi) is 6.10. The zero-order valence-electron chi connectivity index (χ0n) is 17.0. The number of hydrogen-bond acceptors (Lipinski definition) is 9. The van der Waals surface area contributed by atoms with Crippen LogP contribution >= 0.6 is 0 Å². The summed E-state index contributed by atoms with van der Waals surface area (Å²) in [5.74, 6) is -2.37. The van der Waals surface area contributed by atoms with Crippen LogP contribution in [0.25, 0.3) is 22.4 Å². The standard InChI is InChI=1S/C21H18N2O8/c1-4-17(24)29-16-10-12(9-14(23(27)28)20(16)31-18(25)5-2)19-21(26)30-15-7-6-11(3)8-13(15)22-19/h6-10H,4-5H2,1-3H3. The van der Waals surface area contributed by atoms with Gasteiger partial charge in [-0.2, -0.15) is 0 Å². The number of benzene rings is 2. The monoisotopic (exact) mass is 426 g/mol. The average molecular weight is 426 g/mol. The van der Waals surface area contributed by atoms with E-state index in [9.17, 15) is 24.5 Å². The van der Waals surface area contributed by atoms with Crippen molar-refractivity contribution in [1.82, 2.24) is 4.98 Å². The maximum absolute atomic E-state index is 12.5. The second kappa shape index (κ2) is 8.74. The molecule has 0 N–H and O–H groups in total. The molecule has 0 saturated heterocycles. The lowest BCUT2D eigenvalue weighted by Gasteiger charge is -2.12. The van der Waals surface area contributed by atoms with E-state index in [0.29, 0.717) is 5.52 Å². The highest BCUT2D eigenvalue weighted by molar-refractivity contribution is 5.82. The first-order valence-corrected chi connectivity index (χ1v) is 9.39. The van der Waals surface area contributed by atoms with Crippen LogP contribution in [0.15, 0.2) is 39.5 Å². The maximum Gasteiger partial charge on any atom is 0.363 e. The smallest absolute Gasteiger partial charge is 0.363 e. The predicted octanol–water partition coefficient (Wildman–Crippen LogP) is 3.70. The third-order valence-corrected chi connectivity index (χ3v) is 4.27. The lowest BCUT2D eigenvalue weighted by molar-refractivity contribution is -0.385. The van der Waals surface area contributed by atoms with Crippen LogP contribution in [0.3, 0.4) is 0 Å². The third-order valence-electron chi connectivity index (χ3n) is 4.27. The van der Waals surface area contributed by atoms with Gasteiger partial charge in [-0.15, -0.1) is 0 Å². The van der Waals surface area contributed by atoms with Crippen LogP contribution in [-0.2, 0) is 9.59 Å². The zero-order chi connectivity index (χ0) is 22.7. The molecule has 31 heavy (non-hydrogen) atoms. The van der Waals surface area contributed by atoms with Crippen molar-refractivity contribution >= 4 is 28.7 Å². The van der Waals surface area contributed by atoms with Gasteiger partial charge >= 0.3 is 23.3 Å². The normalized spacial score (nSPS) is 10.7. The minimum atomic E-state index is -0.836. The van der Waals surface area contributed by atoms with E-state index in [1.165, 1.54) is 19.9 Å². The summed E-state index contributed by atoms with van der Waals surface area (Å²) in [6.45, 7) is 4.86. The van der Waals surface area contributed by atoms with Gasteiger partial charge < -0.3 is 13.9 Å². The summed E-state index contributed by atoms with van der Waals surface area (Å²) in [7, 11) is 0. The number of carbonyl (C=O) groups is 2. The molecule has 10 heteroatoms. The molecule has 160 valence electrons. The number of nitrogens with zero attached hydrogens (tertiary/aromatic N) is 2. The highest BCUT2D eigenvalue weighted by Gasteiger charge is 2.28. The summed E-state index contributed by atoms with van der Waals surface area (Å²) in [4.78, 5) is 51.3. The molecule has 0 amide bonds. The SMILES string of the molecule is CCC(=O)Oc1cc(-c2nc3cc(C)ccc3oc2=O)cc([N+](=O)[O-])c1OC(=O)CC. The number of nitro groups is 1. The molecule has 0 unspecified atom stereocenters. The van der Waals surface area contributed by atoms with Gasteiger partial charge in [0.05, 0.1) is 4.92 Å². The second-order valence-electron chi connectivity index (χ2n) is 6.56. The summed E-state index contributed by atoms with van der Waals surface area (Å²) in [6, 6.07) is 7.22. The maximum atomic E-state index is 12.5. The van der Waals surface area contributed by atoms with Crippen molar-refractivity contribution in [1.29, 1.82) is 0 Å². The number of nitro benzene ring substituents is 1. The predicted molar refractivity (Wildman–Crippen MR) is 109 cm³/mol. The molecule has 0 spiro atoms. The number of fused-ring (bicyclic) bond motifs is 1. The quantitative estimate of drug-likeness (QED) is 0.250. The van der Waals surface area contributed by atoms with Gasteiger partial charge in [0.15, 0.2) is 17.0 Å². The van der Waals surface area contributed by atoms with E-state index in [4.69, 9.17) is 13.9 Å². The number of carbonyl (C=O) groups excluding carboxylic acids is 2. The molecule has 0 aliphatic carbocycles. The van der Waals surface area contributed by atoms with Crippen LogP contribution in [0.1, 0.15) is 32.3 Å². The summed E-state index contributed by atoms with van der Waals surface area (Å²) in [5.41, 5.74) is -0.265. The molecule has 0 aliphatic rings. The molecule has 1 aromatic heterocycles. The first-order valence-electron chi connectivity index (χ1n) is 9.39. The molecule has 2 aromatic carbocycles. The van der Waals surface area contributed by atoms with Crippen LogP contribution in [0, 0.1) is 17.0 Å². The van der Waals surface area contributed by atoms with E-state index >= 15 is 0 Å². The van der Waals surface area contributed by atoms with Gasteiger partial charge in [0.2, 0.25) is 0 Å². The highest BCUT2D eigenvalue weighted by atomic mass is 16.6. The first kappa shape index (κ1) is 21.6. The summed E-state index contributed by atoms with van der Waals surface area (Å²) in [5, 5.41) is 11.7. The molecule has 1 heterocycles. The Labute approximate surface area is 175 Å². The number of ether oxygens (including phenoxy) is 2. The van der Waals surface area contributed by atoms with Crippen molar-refractivity contribution in [2.75, 3.05) is 0 Å². The molecule has 0 atom stereocenters. The van der Waals surface area contributed by atoms with Crippen LogP contribution in [0.2, 0.25) is 0 Å². The Morgan fingerprint density at radius 1 is 1.10 bits per heavy atom. The number of rotatable bonds is 6. The van der Waals surface area contributed by atoms with Crippen molar-refractivity contribution in [3.63, 3.8) is 0 Å².